The van der Waals surface area contributed by atoms with Crippen molar-refractivity contribution < 1.29 is 23.9 Å². The molecule has 4 rings (SSSR count). The van der Waals surface area contributed by atoms with Gasteiger partial charge in [0.2, 0.25) is 17.7 Å². The van der Waals surface area contributed by atoms with Crippen LogP contribution in [-0.2, 0) is 19.1 Å². The van der Waals surface area contributed by atoms with Gasteiger partial charge in [-0.3, -0.25) is 19.3 Å². The normalized spacial score (nSPS) is 25.6. The number of ether oxygens (including phenoxy) is 2. The molecule has 1 aromatic rings. The molecule has 0 aromatic heterocycles. The summed E-state index contributed by atoms with van der Waals surface area (Å²) in [7, 11) is 1.59. The SMILES string of the molecule is COc1ccc([C@@H]2[C@@H](C(=O)N3CCOCC3)CC(=O)N2C(=O)C2CC2)cc1. The molecule has 7 nitrogen and oxygen atoms in total. The van der Waals surface area contributed by atoms with Gasteiger partial charge in [-0.25, -0.2) is 0 Å². The maximum absolute atomic E-state index is 13.2. The van der Waals surface area contributed by atoms with Crippen molar-refractivity contribution in [2.45, 2.75) is 25.3 Å². The highest BCUT2D eigenvalue weighted by atomic mass is 16.5. The molecule has 0 N–H and O–H groups in total. The Hall–Kier alpha value is -2.41. The van der Waals surface area contributed by atoms with Crippen LogP contribution >= 0.6 is 0 Å². The number of carbonyl (C=O) groups is 3. The number of carbonyl (C=O) groups excluding carboxylic acids is 3. The van der Waals surface area contributed by atoms with Gasteiger partial charge in [-0.1, -0.05) is 12.1 Å². The van der Waals surface area contributed by atoms with Gasteiger partial charge in [-0.05, 0) is 30.5 Å². The largest absolute Gasteiger partial charge is 0.497 e. The molecule has 0 unspecified atom stereocenters. The van der Waals surface area contributed by atoms with Gasteiger partial charge in [0.15, 0.2) is 0 Å². The zero-order chi connectivity index (χ0) is 19.0. The van der Waals surface area contributed by atoms with Crippen LogP contribution < -0.4 is 4.74 Å². The topological polar surface area (TPSA) is 76.2 Å². The third kappa shape index (κ3) is 3.43. The molecule has 144 valence electrons. The van der Waals surface area contributed by atoms with Gasteiger partial charge in [0.05, 0.1) is 32.3 Å². The van der Waals surface area contributed by atoms with Crippen molar-refractivity contribution in [1.29, 1.82) is 0 Å². The van der Waals surface area contributed by atoms with Gasteiger partial charge in [-0.2, -0.15) is 0 Å². The maximum Gasteiger partial charge on any atom is 0.232 e. The number of hydrogen-bond donors (Lipinski definition) is 0. The minimum Gasteiger partial charge on any atom is -0.497 e. The van der Waals surface area contributed by atoms with Crippen LogP contribution in [0.2, 0.25) is 0 Å². The Kier molecular flexibility index (Phi) is 4.86. The fourth-order valence-electron chi connectivity index (χ4n) is 3.94. The average Bonchev–Trinajstić information content (AvgIpc) is 3.50. The van der Waals surface area contributed by atoms with Gasteiger partial charge >= 0.3 is 0 Å². The summed E-state index contributed by atoms with van der Waals surface area (Å²) in [4.78, 5) is 41.8. The Morgan fingerprint density at radius 1 is 1.07 bits per heavy atom. The van der Waals surface area contributed by atoms with Crippen LogP contribution in [-0.4, -0.2) is 60.9 Å². The van der Waals surface area contributed by atoms with E-state index in [2.05, 4.69) is 0 Å². The molecule has 2 saturated heterocycles. The fraction of sp³-hybridized carbons (Fsp3) is 0.550. The Morgan fingerprint density at radius 2 is 1.74 bits per heavy atom. The van der Waals surface area contributed by atoms with Crippen LogP contribution in [0.4, 0.5) is 0 Å². The van der Waals surface area contributed by atoms with E-state index in [1.54, 1.807) is 24.1 Å². The summed E-state index contributed by atoms with van der Waals surface area (Å²) >= 11 is 0. The maximum atomic E-state index is 13.2. The van der Waals surface area contributed by atoms with E-state index >= 15 is 0 Å². The summed E-state index contributed by atoms with van der Waals surface area (Å²) in [6.07, 6.45) is 1.71. The van der Waals surface area contributed by atoms with Gasteiger partial charge in [0.1, 0.15) is 5.75 Å². The molecule has 0 radical (unpaired) electrons. The minimum atomic E-state index is -0.549. The monoisotopic (exact) mass is 372 g/mol. The Bertz CT molecular complexity index is 737. The highest BCUT2D eigenvalue weighted by Gasteiger charge is 2.51. The molecule has 3 aliphatic rings. The lowest BCUT2D eigenvalue weighted by molar-refractivity contribution is -0.145. The fourth-order valence-corrected chi connectivity index (χ4v) is 3.94. The Balaban J connectivity index is 1.66. The van der Waals surface area contributed by atoms with Gasteiger partial charge < -0.3 is 14.4 Å². The van der Waals surface area contributed by atoms with E-state index in [-0.39, 0.29) is 30.1 Å². The quantitative estimate of drug-likeness (QED) is 0.747. The number of benzene rings is 1. The molecular weight excluding hydrogens is 348 g/mol. The molecule has 1 aromatic carbocycles. The second-order valence-electron chi connectivity index (χ2n) is 7.34. The third-order valence-corrected chi connectivity index (χ3v) is 5.58. The zero-order valence-electron chi connectivity index (χ0n) is 15.4. The van der Waals surface area contributed by atoms with Crippen LogP contribution in [0.3, 0.4) is 0 Å². The summed E-state index contributed by atoms with van der Waals surface area (Å²) in [6, 6.07) is 6.73. The number of methoxy groups -OCH3 is 1. The lowest BCUT2D eigenvalue weighted by Gasteiger charge is -2.32. The van der Waals surface area contributed by atoms with Crippen LogP contribution in [0.1, 0.15) is 30.9 Å². The Labute approximate surface area is 158 Å². The molecule has 3 fully saturated rings. The first kappa shape index (κ1) is 18.0. The summed E-state index contributed by atoms with van der Waals surface area (Å²) < 4.78 is 10.5. The first-order valence-corrected chi connectivity index (χ1v) is 9.46. The number of hydrogen-bond acceptors (Lipinski definition) is 5. The molecule has 2 heterocycles. The molecular formula is C20H24N2O5. The standard InChI is InChI=1S/C20H24N2O5/c1-26-15-6-4-13(5-7-15)18-16(20(25)21-8-10-27-11-9-21)12-17(23)22(18)19(24)14-2-3-14/h4-7,14,16,18H,2-3,8-12H2,1H3/t16-,18+/m0/s1. The smallest absolute Gasteiger partial charge is 0.232 e. The highest BCUT2D eigenvalue weighted by molar-refractivity contribution is 6.02. The second kappa shape index (κ2) is 7.31. The van der Waals surface area contributed by atoms with Crippen LogP contribution in [0.5, 0.6) is 5.75 Å². The summed E-state index contributed by atoms with van der Waals surface area (Å²) in [6.45, 7) is 2.06. The number of imide groups is 1. The van der Waals surface area contributed by atoms with E-state index in [0.717, 1.165) is 18.4 Å². The number of rotatable bonds is 4. The van der Waals surface area contributed by atoms with Crippen molar-refractivity contribution in [3.05, 3.63) is 29.8 Å². The summed E-state index contributed by atoms with van der Waals surface area (Å²) in [5, 5.41) is 0. The molecule has 27 heavy (non-hydrogen) atoms. The second-order valence-corrected chi connectivity index (χ2v) is 7.34. The molecule has 7 heteroatoms. The van der Waals surface area contributed by atoms with Gasteiger partial charge in [0, 0.05) is 25.4 Å². The lowest BCUT2D eigenvalue weighted by atomic mass is 9.92. The molecule has 2 aliphatic heterocycles. The van der Waals surface area contributed by atoms with Crippen molar-refractivity contribution in [2.24, 2.45) is 11.8 Å². The van der Waals surface area contributed by atoms with E-state index < -0.39 is 12.0 Å². The minimum absolute atomic E-state index is 0.0708. The lowest BCUT2D eigenvalue weighted by Crippen LogP contribution is -2.45. The molecule has 0 bridgehead atoms. The van der Waals surface area contributed by atoms with Crippen LogP contribution in [0.15, 0.2) is 24.3 Å². The predicted molar refractivity (Wildman–Crippen MR) is 95.8 cm³/mol. The molecule has 1 aliphatic carbocycles. The predicted octanol–water partition coefficient (Wildman–Crippen LogP) is 1.38. The molecule has 3 amide bonds. The van der Waals surface area contributed by atoms with Crippen molar-refractivity contribution in [3.8, 4) is 5.75 Å². The molecule has 1 saturated carbocycles. The summed E-state index contributed by atoms with van der Waals surface area (Å²) in [5.41, 5.74) is 0.794. The van der Waals surface area contributed by atoms with E-state index in [0.29, 0.717) is 32.1 Å². The number of amides is 3. The first-order valence-electron chi connectivity index (χ1n) is 9.46. The first-order chi connectivity index (χ1) is 13.1. The molecule has 2 atom stereocenters. The van der Waals surface area contributed by atoms with Gasteiger partial charge in [0.25, 0.3) is 0 Å². The highest BCUT2D eigenvalue weighted by Crippen LogP contribution is 2.43. The zero-order valence-corrected chi connectivity index (χ0v) is 15.4. The van der Waals surface area contributed by atoms with Crippen molar-refractivity contribution in [1.82, 2.24) is 9.80 Å². The number of morpholine rings is 1. The van der Waals surface area contributed by atoms with Gasteiger partial charge in [-0.15, -0.1) is 0 Å². The summed E-state index contributed by atoms with van der Waals surface area (Å²) in [5.74, 6) is -0.395. The van der Waals surface area contributed by atoms with E-state index in [4.69, 9.17) is 9.47 Å². The van der Waals surface area contributed by atoms with Crippen LogP contribution in [0, 0.1) is 11.8 Å². The third-order valence-electron chi connectivity index (χ3n) is 5.58. The van der Waals surface area contributed by atoms with E-state index in [9.17, 15) is 14.4 Å². The van der Waals surface area contributed by atoms with E-state index in [1.165, 1.54) is 4.90 Å². The molecule has 0 spiro atoms. The van der Waals surface area contributed by atoms with E-state index in [1.807, 2.05) is 12.1 Å². The van der Waals surface area contributed by atoms with Crippen LogP contribution in [0.25, 0.3) is 0 Å². The number of nitrogens with zero attached hydrogens (tertiary/aromatic N) is 2. The number of likely N-dealkylation sites (tertiary alicyclic amines) is 1. The van der Waals surface area contributed by atoms with Crippen molar-refractivity contribution >= 4 is 17.7 Å². The van der Waals surface area contributed by atoms with Crippen molar-refractivity contribution in [3.63, 3.8) is 0 Å². The average molecular weight is 372 g/mol. The Morgan fingerprint density at radius 3 is 2.33 bits per heavy atom. The van der Waals surface area contributed by atoms with Crippen molar-refractivity contribution in [2.75, 3.05) is 33.4 Å².